The van der Waals surface area contributed by atoms with Crippen molar-refractivity contribution in [2.75, 3.05) is 7.11 Å². The van der Waals surface area contributed by atoms with Crippen LogP contribution in [0.1, 0.15) is 10.4 Å². The summed E-state index contributed by atoms with van der Waals surface area (Å²) in [6, 6.07) is 23.8. The van der Waals surface area contributed by atoms with Crippen molar-refractivity contribution >= 4 is 27.5 Å². The van der Waals surface area contributed by atoms with Gasteiger partial charge in [-0.2, -0.15) is 4.57 Å². The standard InChI is InChI=1S/C22H18NO2/c1-25-20-10-11-21-18(14-20)7-4-12-23(21)15-22(24)19-9-8-16-5-2-3-6-17(16)13-19/h2-14H,15H2,1H3/q+1. The molecule has 25 heavy (non-hydrogen) atoms. The third kappa shape index (κ3) is 2.96. The summed E-state index contributed by atoms with van der Waals surface area (Å²) in [5, 5.41) is 3.28. The molecule has 4 rings (SSSR count). The van der Waals surface area contributed by atoms with E-state index in [9.17, 15) is 4.79 Å². The molecular formula is C22H18NO2+. The van der Waals surface area contributed by atoms with Crippen LogP contribution in [-0.4, -0.2) is 12.9 Å². The summed E-state index contributed by atoms with van der Waals surface area (Å²) in [6.45, 7) is 0.308. The first-order chi connectivity index (χ1) is 12.2. The van der Waals surface area contributed by atoms with Crippen LogP contribution < -0.4 is 9.30 Å². The topological polar surface area (TPSA) is 30.2 Å². The van der Waals surface area contributed by atoms with Crippen LogP contribution in [0, 0.1) is 0 Å². The number of ether oxygens (including phenoxy) is 1. The SMILES string of the molecule is COc1ccc2c(ccc[n+]2CC(=O)c2ccc3ccccc3c2)c1. The average Bonchev–Trinajstić information content (AvgIpc) is 2.67. The van der Waals surface area contributed by atoms with Gasteiger partial charge < -0.3 is 4.74 Å². The van der Waals surface area contributed by atoms with Crippen molar-refractivity contribution in [3.8, 4) is 5.75 Å². The zero-order valence-electron chi connectivity index (χ0n) is 14.0. The fraction of sp³-hybridized carbons (Fsp3) is 0.0909. The lowest BCUT2D eigenvalue weighted by Gasteiger charge is -2.05. The zero-order valence-corrected chi connectivity index (χ0v) is 14.0. The van der Waals surface area contributed by atoms with E-state index in [-0.39, 0.29) is 5.78 Å². The molecule has 1 heterocycles. The molecule has 4 aromatic rings. The Labute approximate surface area is 146 Å². The monoisotopic (exact) mass is 328 g/mol. The Morgan fingerprint density at radius 3 is 2.52 bits per heavy atom. The van der Waals surface area contributed by atoms with Crippen molar-refractivity contribution in [3.63, 3.8) is 0 Å². The molecule has 0 fully saturated rings. The van der Waals surface area contributed by atoms with Gasteiger partial charge in [0, 0.05) is 17.7 Å². The first-order valence-corrected chi connectivity index (χ1v) is 8.23. The van der Waals surface area contributed by atoms with Gasteiger partial charge in [0.1, 0.15) is 5.75 Å². The van der Waals surface area contributed by atoms with Crippen molar-refractivity contribution in [1.29, 1.82) is 0 Å². The number of ketones is 1. The minimum atomic E-state index is 0.0964. The number of aromatic nitrogens is 1. The highest BCUT2D eigenvalue weighted by Crippen LogP contribution is 2.19. The highest BCUT2D eigenvalue weighted by atomic mass is 16.5. The Balaban J connectivity index is 1.68. The second-order valence-electron chi connectivity index (χ2n) is 6.05. The molecule has 0 saturated heterocycles. The maximum atomic E-state index is 12.8. The van der Waals surface area contributed by atoms with Crippen LogP contribution in [0.5, 0.6) is 5.75 Å². The number of nitrogens with zero attached hydrogens (tertiary/aromatic N) is 1. The second-order valence-corrected chi connectivity index (χ2v) is 6.05. The Hall–Kier alpha value is -3.20. The van der Waals surface area contributed by atoms with Gasteiger partial charge in [0.2, 0.25) is 17.8 Å². The van der Waals surface area contributed by atoms with Gasteiger partial charge in [-0.15, -0.1) is 0 Å². The molecule has 0 aliphatic heterocycles. The summed E-state index contributed by atoms with van der Waals surface area (Å²) in [5.74, 6) is 0.908. The molecule has 0 N–H and O–H groups in total. The van der Waals surface area contributed by atoms with Gasteiger partial charge in [-0.05, 0) is 35.0 Å². The summed E-state index contributed by atoms with van der Waals surface area (Å²) in [7, 11) is 1.65. The minimum absolute atomic E-state index is 0.0964. The largest absolute Gasteiger partial charge is 0.497 e. The zero-order chi connectivity index (χ0) is 17.2. The minimum Gasteiger partial charge on any atom is -0.497 e. The van der Waals surface area contributed by atoms with E-state index in [2.05, 4.69) is 6.07 Å². The predicted molar refractivity (Wildman–Crippen MR) is 99.0 cm³/mol. The first-order valence-electron chi connectivity index (χ1n) is 8.23. The molecule has 0 unspecified atom stereocenters. The van der Waals surface area contributed by atoms with Crippen molar-refractivity contribution < 1.29 is 14.1 Å². The molecule has 0 radical (unpaired) electrons. The fourth-order valence-corrected chi connectivity index (χ4v) is 3.13. The summed E-state index contributed by atoms with van der Waals surface area (Å²) >= 11 is 0. The molecule has 0 spiro atoms. The number of fused-ring (bicyclic) bond motifs is 2. The number of carbonyl (C=O) groups excluding carboxylic acids is 1. The quantitative estimate of drug-likeness (QED) is 0.416. The number of rotatable bonds is 4. The van der Waals surface area contributed by atoms with Gasteiger partial charge in [-0.3, -0.25) is 4.79 Å². The van der Waals surface area contributed by atoms with Crippen molar-refractivity contribution in [3.05, 3.63) is 84.6 Å². The number of benzene rings is 3. The summed E-state index contributed by atoms with van der Waals surface area (Å²) in [4.78, 5) is 12.8. The maximum Gasteiger partial charge on any atom is 0.227 e. The number of carbonyl (C=O) groups is 1. The Kier molecular flexibility index (Phi) is 3.90. The Bertz CT molecular complexity index is 1090. The lowest BCUT2D eigenvalue weighted by Crippen LogP contribution is -2.38. The molecule has 3 aromatic carbocycles. The van der Waals surface area contributed by atoms with Crippen LogP contribution in [0.3, 0.4) is 0 Å². The third-order valence-corrected chi connectivity index (χ3v) is 4.47. The van der Waals surface area contributed by atoms with E-state index in [0.29, 0.717) is 6.54 Å². The number of hydrogen-bond acceptors (Lipinski definition) is 2. The van der Waals surface area contributed by atoms with Gasteiger partial charge in [0.25, 0.3) is 0 Å². The van der Waals surface area contributed by atoms with Gasteiger partial charge in [-0.1, -0.05) is 36.4 Å². The summed E-state index contributed by atoms with van der Waals surface area (Å²) in [5.41, 5.74) is 1.74. The molecule has 3 heteroatoms. The lowest BCUT2D eigenvalue weighted by atomic mass is 10.0. The van der Waals surface area contributed by atoms with E-state index >= 15 is 0 Å². The van der Waals surface area contributed by atoms with Gasteiger partial charge in [0.05, 0.1) is 12.5 Å². The molecule has 0 saturated carbocycles. The van der Waals surface area contributed by atoms with Gasteiger partial charge in [-0.25, -0.2) is 0 Å². The number of Topliss-reactive ketones (excluding diaryl/α,β-unsaturated/α-hetero) is 1. The first kappa shape index (κ1) is 15.3. The molecule has 1 aromatic heterocycles. The third-order valence-electron chi connectivity index (χ3n) is 4.47. The van der Waals surface area contributed by atoms with Gasteiger partial charge >= 0.3 is 0 Å². The highest BCUT2D eigenvalue weighted by molar-refractivity contribution is 5.99. The van der Waals surface area contributed by atoms with E-state index in [0.717, 1.165) is 33.0 Å². The highest BCUT2D eigenvalue weighted by Gasteiger charge is 2.16. The maximum absolute atomic E-state index is 12.8. The molecule has 0 aliphatic carbocycles. The average molecular weight is 328 g/mol. The molecule has 0 atom stereocenters. The van der Waals surface area contributed by atoms with Crippen LogP contribution in [0.4, 0.5) is 0 Å². The smallest absolute Gasteiger partial charge is 0.227 e. The van der Waals surface area contributed by atoms with Crippen LogP contribution in [0.2, 0.25) is 0 Å². The number of hydrogen-bond donors (Lipinski definition) is 0. The summed E-state index contributed by atoms with van der Waals surface area (Å²) < 4.78 is 7.26. The Morgan fingerprint density at radius 1 is 0.880 bits per heavy atom. The Morgan fingerprint density at radius 2 is 1.68 bits per heavy atom. The fourth-order valence-electron chi connectivity index (χ4n) is 3.13. The van der Waals surface area contributed by atoms with Crippen LogP contribution in [0.15, 0.2) is 79.0 Å². The van der Waals surface area contributed by atoms with E-state index in [4.69, 9.17) is 4.74 Å². The molecule has 3 nitrogen and oxygen atoms in total. The van der Waals surface area contributed by atoms with Crippen LogP contribution >= 0.6 is 0 Å². The molecule has 0 aliphatic rings. The van der Waals surface area contributed by atoms with Crippen LogP contribution in [0.25, 0.3) is 21.7 Å². The summed E-state index contributed by atoms with van der Waals surface area (Å²) in [6.07, 6.45) is 1.94. The molecule has 122 valence electrons. The van der Waals surface area contributed by atoms with Crippen LogP contribution in [-0.2, 0) is 6.54 Å². The van der Waals surface area contributed by atoms with Crippen molar-refractivity contribution in [2.45, 2.75) is 6.54 Å². The number of pyridine rings is 1. The van der Waals surface area contributed by atoms with E-state index < -0.39 is 0 Å². The number of methoxy groups -OCH3 is 1. The molecular weight excluding hydrogens is 310 g/mol. The van der Waals surface area contributed by atoms with Gasteiger partial charge in [0.15, 0.2) is 6.20 Å². The van der Waals surface area contributed by atoms with Crippen molar-refractivity contribution in [1.82, 2.24) is 0 Å². The predicted octanol–water partition coefficient (Wildman–Crippen LogP) is 4.17. The normalized spacial score (nSPS) is 10.9. The van der Waals surface area contributed by atoms with E-state index in [1.807, 2.05) is 77.5 Å². The molecule has 0 amide bonds. The van der Waals surface area contributed by atoms with E-state index in [1.165, 1.54) is 0 Å². The lowest BCUT2D eigenvalue weighted by molar-refractivity contribution is -0.657. The second kappa shape index (κ2) is 6.36. The van der Waals surface area contributed by atoms with Crippen molar-refractivity contribution in [2.24, 2.45) is 0 Å². The molecule has 0 bridgehead atoms. The van der Waals surface area contributed by atoms with E-state index in [1.54, 1.807) is 7.11 Å².